The van der Waals surface area contributed by atoms with Crippen LogP contribution in [-0.2, 0) is 37.5 Å². The van der Waals surface area contributed by atoms with Crippen molar-refractivity contribution in [2.45, 2.75) is 39.0 Å². The number of halogens is 3. The van der Waals surface area contributed by atoms with E-state index in [2.05, 4.69) is 15.6 Å². The largest absolute Gasteiger partial charge is 0.416 e. The first kappa shape index (κ1) is 20.8. The van der Waals surface area contributed by atoms with Gasteiger partial charge >= 0.3 is 11.9 Å². The lowest BCUT2D eigenvalue weighted by molar-refractivity contribution is -0.138. The highest BCUT2D eigenvalue weighted by Crippen LogP contribution is 2.34. The number of fused-ring (bicyclic) bond motifs is 1. The van der Waals surface area contributed by atoms with Gasteiger partial charge in [0.15, 0.2) is 0 Å². The number of nitrogens with zero attached hydrogens (tertiary/aromatic N) is 5. The van der Waals surface area contributed by atoms with Gasteiger partial charge < -0.3 is 4.84 Å². The third kappa shape index (κ3) is 4.10. The summed E-state index contributed by atoms with van der Waals surface area (Å²) in [6, 6.07) is 9.52. The van der Waals surface area contributed by atoms with Crippen LogP contribution in [0.4, 0.5) is 13.2 Å². The predicted octanol–water partition coefficient (Wildman–Crippen LogP) is 3.41. The van der Waals surface area contributed by atoms with Crippen LogP contribution in [-0.4, -0.2) is 25.5 Å². The molecule has 0 saturated carbocycles. The Hall–Kier alpha value is -3.43. The van der Waals surface area contributed by atoms with Crippen molar-refractivity contribution in [3.05, 3.63) is 74.7 Å². The highest BCUT2D eigenvalue weighted by molar-refractivity contribution is 5.98. The molecule has 1 aliphatic rings. The summed E-state index contributed by atoms with van der Waals surface area (Å²) in [5, 5.41) is 11.2. The van der Waals surface area contributed by atoms with E-state index in [1.165, 1.54) is 30.3 Å². The van der Waals surface area contributed by atoms with Crippen molar-refractivity contribution >= 4 is 5.71 Å². The lowest BCUT2D eigenvalue weighted by atomic mass is 10.0. The molecule has 1 heterocycles. The normalized spacial score (nSPS) is 14.0. The van der Waals surface area contributed by atoms with E-state index >= 15 is 0 Å². The van der Waals surface area contributed by atoms with Crippen molar-refractivity contribution in [3.63, 3.8) is 0 Å². The average Bonchev–Trinajstić information content (AvgIpc) is 3.33. The maximum atomic E-state index is 13.6. The minimum absolute atomic E-state index is 0.0571. The van der Waals surface area contributed by atoms with Crippen molar-refractivity contribution in [1.82, 2.24) is 19.8 Å². The molecule has 0 atom stereocenters. The third-order valence-electron chi connectivity index (χ3n) is 5.33. The number of aryl methyl sites for hydroxylation is 3. The van der Waals surface area contributed by atoms with Crippen LogP contribution in [0.1, 0.15) is 41.2 Å². The number of hydrogen-bond acceptors (Lipinski definition) is 5. The molecule has 0 fully saturated rings. The van der Waals surface area contributed by atoms with Gasteiger partial charge in [-0.2, -0.15) is 22.5 Å². The van der Waals surface area contributed by atoms with Crippen LogP contribution in [0.5, 0.6) is 0 Å². The zero-order valence-electron chi connectivity index (χ0n) is 17.0. The highest BCUT2D eigenvalue weighted by atomic mass is 19.4. The molecule has 10 heteroatoms. The molecular formula is C21H20F3N5O2. The van der Waals surface area contributed by atoms with Crippen molar-refractivity contribution in [1.29, 1.82) is 0 Å². The van der Waals surface area contributed by atoms with Gasteiger partial charge in [-0.15, -0.1) is 0 Å². The van der Waals surface area contributed by atoms with Crippen LogP contribution in [0.3, 0.4) is 0 Å². The van der Waals surface area contributed by atoms with Crippen LogP contribution in [0.15, 0.2) is 46.3 Å². The summed E-state index contributed by atoms with van der Waals surface area (Å²) in [7, 11) is 1.36. The van der Waals surface area contributed by atoms with Crippen LogP contribution in [0.25, 0.3) is 5.69 Å². The third-order valence-corrected chi connectivity index (χ3v) is 5.33. The van der Waals surface area contributed by atoms with E-state index in [1.54, 1.807) is 6.92 Å². The molecule has 0 radical (unpaired) electrons. The van der Waals surface area contributed by atoms with Crippen molar-refractivity contribution in [2.24, 2.45) is 12.2 Å². The molecule has 0 unspecified atom stereocenters. The second-order valence-electron chi connectivity index (χ2n) is 7.39. The fourth-order valence-corrected chi connectivity index (χ4v) is 3.70. The number of alkyl halides is 3. The molecule has 162 valence electrons. The fraction of sp³-hybridized carbons (Fsp3) is 0.333. The molecule has 31 heavy (non-hydrogen) atoms. The van der Waals surface area contributed by atoms with E-state index in [9.17, 15) is 18.0 Å². The first-order valence-corrected chi connectivity index (χ1v) is 9.73. The number of rotatable bonds is 5. The summed E-state index contributed by atoms with van der Waals surface area (Å²) >= 11 is 0. The van der Waals surface area contributed by atoms with E-state index in [1.807, 2.05) is 18.2 Å². The van der Waals surface area contributed by atoms with Gasteiger partial charge in [0.2, 0.25) is 0 Å². The van der Waals surface area contributed by atoms with Gasteiger partial charge in [-0.3, -0.25) is 0 Å². The van der Waals surface area contributed by atoms with Gasteiger partial charge in [-0.25, -0.2) is 4.79 Å². The molecular weight excluding hydrogens is 411 g/mol. The topological polar surface area (TPSA) is 74.3 Å². The average molecular weight is 431 g/mol. The first-order chi connectivity index (χ1) is 14.8. The van der Waals surface area contributed by atoms with E-state index in [0.717, 1.165) is 40.3 Å². The van der Waals surface area contributed by atoms with Crippen molar-refractivity contribution in [3.8, 4) is 5.69 Å². The number of oxime groups is 1. The second kappa shape index (κ2) is 8.01. The SMILES string of the molecule is CC(=NOCc1c(-n2nnn(C)c2=O)cccc1C(F)(F)F)c1ccc2c(c1)CCC2. The maximum Gasteiger partial charge on any atom is 0.416 e. The number of aromatic nitrogens is 4. The fourth-order valence-electron chi connectivity index (χ4n) is 3.70. The Morgan fingerprint density at radius 1 is 1.16 bits per heavy atom. The molecule has 1 aromatic heterocycles. The molecule has 2 aromatic carbocycles. The molecule has 0 spiro atoms. The number of tetrazole rings is 1. The standard InChI is InChI=1S/C21H20F3N5O2/c1-13(15-10-9-14-5-3-6-16(14)11-15)25-31-12-17-18(21(22,23)24)7-4-8-19(17)29-20(30)28(2)26-27-29/h4,7-11H,3,5-6,12H2,1-2H3. The minimum Gasteiger partial charge on any atom is -0.391 e. The van der Waals surface area contributed by atoms with Crippen LogP contribution in [0.2, 0.25) is 0 Å². The molecule has 0 N–H and O–H groups in total. The summed E-state index contributed by atoms with van der Waals surface area (Å²) in [4.78, 5) is 17.5. The Morgan fingerprint density at radius 3 is 2.65 bits per heavy atom. The quantitative estimate of drug-likeness (QED) is 0.458. The zero-order valence-corrected chi connectivity index (χ0v) is 17.0. The van der Waals surface area contributed by atoms with E-state index in [4.69, 9.17) is 4.84 Å². The highest BCUT2D eigenvalue weighted by Gasteiger charge is 2.35. The van der Waals surface area contributed by atoms with Crippen molar-refractivity contribution in [2.75, 3.05) is 0 Å². The summed E-state index contributed by atoms with van der Waals surface area (Å²) in [5.41, 5.74) is 2.09. The second-order valence-corrected chi connectivity index (χ2v) is 7.39. The monoisotopic (exact) mass is 431 g/mol. The summed E-state index contributed by atoms with van der Waals surface area (Å²) in [6.07, 6.45) is -1.46. The Kier molecular flexibility index (Phi) is 5.38. The van der Waals surface area contributed by atoms with Gasteiger partial charge in [0.25, 0.3) is 0 Å². The molecule has 4 rings (SSSR count). The van der Waals surface area contributed by atoms with Gasteiger partial charge in [0.1, 0.15) is 6.61 Å². The Labute approximate surface area is 175 Å². The van der Waals surface area contributed by atoms with E-state index < -0.39 is 24.0 Å². The van der Waals surface area contributed by atoms with E-state index in [0.29, 0.717) is 5.71 Å². The van der Waals surface area contributed by atoms with Crippen LogP contribution in [0, 0.1) is 0 Å². The summed E-state index contributed by atoms with van der Waals surface area (Å²) < 4.78 is 42.6. The number of hydrogen-bond donors (Lipinski definition) is 0. The maximum absolute atomic E-state index is 13.6. The zero-order chi connectivity index (χ0) is 22.2. The van der Waals surface area contributed by atoms with Crippen molar-refractivity contribution < 1.29 is 18.0 Å². The molecule has 0 bridgehead atoms. The first-order valence-electron chi connectivity index (χ1n) is 9.73. The molecule has 0 amide bonds. The van der Waals surface area contributed by atoms with E-state index in [-0.39, 0.29) is 11.3 Å². The number of benzene rings is 2. The molecule has 7 nitrogen and oxygen atoms in total. The van der Waals surface area contributed by atoms with Crippen LogP contribution >= 0.6 is 0 Å². The van der Waals surface area contributed by atoms with Gasteiger partial charge in [-0.1, -0.05) is 23.4 Å². The van der Waals surface area contributed by atoms with Gasteiger partial charge in [0.05, 0.1) is 17.0 Å². The lowest BCUT2D eigenvalue weighted by Crippen LogP contribution is -2.24. The smallest absolute Gasteiger partial charge is 0.391 e. The van der Waals surface area contributed by atoms with Crippen LogP contribution < -0.4 is 5.69 Å². The Bertz CT molecular complexity index is 1210. The Morgan fingerprint density at radius 2 is 1.94 bits per heavy atom. The molecule has 1 aliphatic carbocycles. The lowest BCUT2D eigenvalue weighted by Gasteiger charge is -2.15. The summed E-state index contributed by atoms with van der Waals surface area (Å²) in [6.45, 7) is 1.25. The Balaban J connectivity index is 1.65. The van der Waals surface area contributed by atoms with Gasteiger partial charge in [0, 0.05) is 12.6 Å². The minimum atomic E-state index is -4.64. The molecule has 0 aliphatic heterocycles. The molecule has 0 saturated heterocycles. The predicted molar refractivity (Wildman–Crippen MR) is 107 cm³/mol. The summed E-state index contributed by atoms with van der Waals surface area (Å²) in [5.74, 6) is 0. The molecule has 3 aromatic rings. The van der Waals surface area contributed by atoms with Gasteiger partial charge in [-0.05, 0) is 71.5 Å².